The number of nitrogens with zero attached hydrogens (tertiary/aromatic N) is 1. The van der Waals surface area contributed by atoms with Crippen LogP contribution >= 0.6 is 11.8 Å². The van der Waals surface area contributed by atoms with Crippen molar-refractivity contribution in [1.82, 2.24) is 9.97 Å². The van der Waals surface area contributed by atoms with Crippen LogP contribution in [0.25, 0.3) is 0 Å². The molecule has 1 aromatic heterocycles. The van der Waals surface area contributed by atoms with Gasteiger partial charge in [-0.2, -0.15) is 0 Å². The second-order valence-corrected chi connectivity index (χ2v) is 6.87. The van der Waals surface area contributed by atoms with Gasteiger partial charge in [-0.05, 0) is 31.9 Å². The Morgan fingerprint density at radius 3 is 2.46 bits per heavy atom. The highest BCUT2D eigenvalue weighted by molar-refractivity contribution is 7.99. The Bertz CT molecular complexity index is 869. The lowest BCUT2D eigenvalue weighted by molar-refractivity contribution is -0.139. The standard InChI is InChI=1S/C18H21N3O4S/c1-10-5-11(2)17(12(3)6-10)20-15(23)9-26-18-19-13(7-14(22)21-18)8-16(24)25-4/h5-7H,8-9H2,1-4H3,(H,20,23)(H,19,21,22). The van der Waals surface area contributed by atoms with Crippen LogP contribution < -0.4 is 10.9 Å². The maximum absolute atomic E-state index is 12.2. The third-order valence-electron chi connectivity index (χ3n) is 3.61. The molecule has 0 radical (unpaired) electrons. The number of amides is 1. The molecule has 0 aliphatic carbocycles. The third-order valence-corrected chi connectivity index (χ3v) is 4.48. The molecule has 0 atom stereocenters. The quantitative estimate of drug-likeness (QED) is 0.456. The SMILES string of the molecule is COC(=O)Cc1cc(=O)[nH]c(SCC(=O)Nc2c(C)cc(C)cc2C)n1. The number of hydrogen-bond donors (Lipinski definition) is 2. The van der Waals surface area contributed by atoms with E-state index in [0.29, 0.717) is 5.69 Å². The van der Waals surface area contributed by atoms with Crippen LogP contribution in [-0.2, 0) is 20.7 Å². The molecule has 138 valence electrons. The Balaban J connectivity index is 2.03. The van der Waals surface area contributed by atoms with Crippen LogP contribution in [0.2, 0.25) is 0 Å². The van der Waals surface area contributed by atoms with Crippen LogP contribution in [0, 0.1) is 20.8 Å². The Hall–Kier alpha value is -2.61. The van der Waals surface area contributed by atoms with Crippen LogP contribution in [0.5, 0.6) is 0 Å². The lowest BCUT2D eigenvalue weighted by atomic mass is 10.1. The van der Waals surface area contributed by atoms with Crippen molar-refractivity contribution in [1.29, 1.82) is 0 Å². The maximum Gasteiger partial charge on any atom is 0.311 e. The summed E-state index contributed by atoms with van der Waals surface area (Å²) in [5.41, 5.74) is 3.83. The second kappa shape index (κ2) is 8.66. The summed E-state index contributed by atoms with van der Waals surface area (Å²) in [5, 5.41) is 3.17. The zero-order chi connectivity index (χ0) is 19.3. The molecule has 0 bridgehead atoms. The molecule has 2 rings (SSSR count). The summed E-state index contributed by atoms with van der Waals surface area (Å²) in [6.07, 6.45) is -0.0953. The Kier molecular flexibility index (Phi) is 6.57. The fourth-order valence-corrected chi connectivity index (χ4v) is 3.24. The van der Waals surface area contributed by atoms with E-state index >= 15 is 0 Å². The van der Waals surface area contributed by atoms with Crippen molar-refractivity contribution in [2.75, 3.05) is 18.2 Å². The summed E-state index contributed by atoms with van der Waals surface area (Å²) in [6.45, 7) is 5.89. The topological polar surface area (TPSA) is 101 Å². The second-order valence-electron chi connectivity index (χ2n) is 5.91. The minimum Gasteiger partial charge on any atom is -0.469 e. The van der Waals surface area contributed by atoms with Crippen LogP contribution in [0.15, 0.2) is 28.2 Å². The Labute approximate surface area is 155 Å². The lowest BCUT2D eigenvalue weighted by Crippen LogP contribution is -2.18. The number of rotatable bonds is 6. The summed E-state index contributed by atoms with van der Waals surface area (Å²) < 4.78 is 4.57. The summed E-state index contributed by atoms with van der Waals surface area (Å²) in [6, 6.07) is 5.25. The minimum absolute atomic E-state index is 0.0807. The molecule has 26 heavy (non-hydrogen) atoms. The lowest BCUT2D eigenvalue weighted by Gasteiger charge is -2.12. The van der Waals surface area contributed by atoms with Gasteiger partial charge in [0.1, 0.15) is 0 Å². The number of thioether (sulfide) groups is 1. The third kappa shape index (κ3) is 5.45. The number of methoxy groups -OCH3 is 1. The first-order chi connectivity index (χ1) is 12.3. The summed E-state index contributed by atoms with van der Waals surface area (Å²) in [7, 11) is 1.27. The first kappa shape index (κ1) is 19.7. The molecule has 1 heterocycles. The van der Waals surface area contributed by atoms with E-state index in [0.717, 1.165) is 34.1 Å². The zero-order valence-corrected chi connectivity index (χ0v) is 16.0. The smallest absolute Gasteiger partial charge is 0.311 e. The number of benzene rings is 1. The number of H-pyrrole nitrogens is 1. The number of ether oxygens (including phenoxy) is 1. The predicted molar refractivity (Wildman–Crippen MR) is 101 cm³/mol. The highest BCUT2D eigenvalue weighted by Gasteiger charge is 2.11. The number of nitrogens with one attached hydrogen (secondary N) is 2. The monoisotopic (exact) mass is 375 g/mol. The largest absolute Gasteiger partial charge is 0.469 e. The van der Waals surface area contributed by atoms with Crippen molar-refractivity contribution in [2.24, 2.45) is 0 Å². The molecule has 2 N–H and O–H groups in total. The molecule has 0 saturated carbocycles. The van der Waals surface area contributed by atoms with Crippen LogP contribution in [0.3, 0.4) is 0 Å². The van der Waals surface area contributed by atoms with Crippen molar-refractivity contribution >= 4 is 29.3 Å². The normalized spacial score (nSPS) is 10.5. The van der Waals surface area contributed by atoms with Gasteiger partial charge in [-0.15, -0.1) is 0 Å². The molecule has 1 aromatic carbocycles. The van der Waals surface area contributed by atoms with Gasteiger partial charge in [0.2, 0.25) is 5.91 Å². The minimum atomic E-state index is -0.484. The fraction of sp³-hybridized carbons (Fsp3) is 0.333. The molecular formula is C18H21N3O4S. The number of aryl methyl sites for hydroxylation is 3. The first-order valence-corrected chi connectivity index (χ1v) is 8.94. The maximum atomic E-state index is 12.2. The van der Waals surface area contributed by atoms with Crippen LogP contribution in [0.4, 0.5) is 5.69 Å². The van der Waals surface area contributed by atoms with Crippen molar-refractivity contribution in [2.45, 2.75) is 32.3 Å². The predicted octanol–water partition coefficient (Wildman–Crippen LogP) is 2.14. The Morgan fingerprint density at radius 2 is 1.85 bits per heavy atom. The van der Waals surface area contributed by atoms with Gasteiger partial charge >= 0.3 is 5.97 Å². The first-order valence-electron chi connectivity index (χ1n) is 7.96. The van der Waals surface area contributed by atoms with E-state index in [-0.39, 0.29) is 28.8 Å². The van der Waals surface area contributed by atoms with E-state index in [1.54, 1.807) is 0 Å². The van der Waals surface area contributed by atoms with E-state index in [1.165, 1.54) is 13.2 Å². The number of aromatic nitrogens is 2. The molecule has 1 amide bonds. The van der Waals surface area contributed by atoms with Crippen molar-refractivity contribution in [3.8, 4) is 0 Å². The van der Waals surface area contributed by atoms with E-state index in [2.05, 4.69) is 20.0 Å². The molecule has 0 saturated heterocycles. The number of anilines is 1. The molecular weight excluding hydrogens is 354 g/mol. The molecule has 2 aromatic rings. The molecule has 7 nitrogen and oxygen atoms in total. The van der Waals surface area contributed by atoms with Crippen LogP contribution in [0.1, 0.15) is 22.4 Å². The molecule has 0 spiro atoms. The molecule has 0 aliphatic heterocycles. The van der Waals surface area contributed by atoms with E-state index in [9.17, 15) is 14.4 Å². The Morgan fingerprint density at radius 1 is 1.19 bits per heavy atom. The van der Waals surface area contributed by atoms with E-state index in [4.69, 9.17) is 0 Å². The fourth-order valence-electron chi connectivity index (χ4n) is 2.55. The van der Waals surface area contributed by atoms with Crippen molar-refractivity contribution in [3.63, 3.8) is 0 Å². The van der Waals surface area contributed by atoms with Crippen LogP contribution in [-0.4, -0.2) is 34.7 Å². The van der Waals surface area contributed by atoms with Crippen molar-refractivity contribution in [3.05, 3.63) is 50.9 Å². The van der Waals surface area contributed by atoms with Gasteiger partial charge in [0.25, 0.3) is 5.56 Å². The molecule has 0 fully saturated rings. The molecule has 0 unspecified atom stereocenters. The number of carbonyl (C=O) groups is 2. The zero-order valence-electron chi connectivity index (χ0n) is 15.1. The highest BCUT2D eigenvalue weighted by atomic mass is 32.2. The van der Waals surface area contributed by atoms with Gasteiger partial charge in [-0.1, -0.05) is 29.5 Å². The van der Waals surface area contributed by atoms with Gasteiger partial charge in [-0.25, -0.2) is 4.98 Å². The summed E-state index contributed by atoms with van der Waals surface area (Å²) in [4.78, 5) is 42.0. The molecule has 8 heteroatoms. The highest BCUT2D eigenvalue weighted by Crippen LogP contribution is 2.22. The van der Waals surface area contributed by atoms with Gasteiger partial charge < -0.3 is 15.0 Å². The van der Waals surface area contributed by atoms with Gasteiger partial charge in [0.15, 0.2) is 5.16 Å². The summed E-state index contributed by atoms with van der Waals surface area (Å²) in [5.74, 6) is -0.606. The van der Waals surface area contributed by atoms with E-state index in [1.807, 2.05) is 32.9 Å². The average molecular weight is 375 g/mol. The summed E-state index contributed by atoms with van der Waals surface area (Å²) >= 11 is 1.09. The number of esters is 1. The molecule has 0 aliphatic rings. The average Bonchev–Trinajstić information content (AvgIpc) is 2.55. The number of hydrogen-bond acceptors (Lipinski definition) is 6. The van der Waals surface area contributed by atoms with Crippen molar-refractivity contribution < 1.29 is 14.3 Å². The number of aromatic amines is 1. The van der Waals surface area contributed by atoms with E-state index < -0.39 is 5.97 Å². The van der Waals surface area contributed by atoms with Gasteiger partial charge in [0, 0.05) is 11.8 Å². The van der Waals surface area contributed by atoms with Gasteiger partial charge in [-0.3, -0.25) is 14.4 Å². The number of carbonyl (C=O) groups excluding carboxylic acids is 2. The van der Waals surface area contributed by atoms with Gasteiger partial charge in [0.05, 0.1) is 25.0 Å².